The molecule has 1 heteroatoms. The van der Waals surface area contributed by atoms with E-state index in [0.717, 1.165) is 12.8 Å². The van der Waals surface area contributed by atoms with Crippen molar-refractivity contribution >= 4 is 0 Å². The Balaban J connectivity index is 1.84. The van der Waals surface area contributed by atoms with Gasteiger partial charge >= 0.3 is 0 Å². The fourth-order valence-electron chi connectivity index (χ4n) is 2.82. The fourth-order valence-corrected chi connectivity index (χ4v) is 2.82. The van der Waals surface area contributed by atoms with Gasteiger partial charge in [0.05, 0.1) is 0 Å². The molecule has 1 aliphatic heterocycles. The minimum atomic E-state index is 0.382. The Hall–Kier alpha value is -1.86. The van der Waals surface area contributed by atoms with Crippen molar-refractivity contribution in [3.05, 3.63) is 83.9 Å². The summed E-state index contributed by atoms with van der Waals surface area (Å²) in [6, 6.07) is 22.1. The van der Waals surface area contributed by atoms with Gasteiger partial charge < -0.3 is 5.32 Å². The minimum Gasteiger partial charge on any atom is -0.302 e. The number of hydrogen-bond acceptors (Lipinski definition) is 1. The average Bonchev–Trinajstić information content (AvgIpc) is 2.48. The maximum Gasteiger partial charge on any atom is 0.0362 e. The molecule has 0 aliphatic carbocycles. The lowest BCUT2D eigenvalue weighted by atomic mass is 9.87. The first-order chi connectivity index (χ1) is 9.33. The molecule has 19 heavy (non-hydrogen) atoms. The number of rotatable bonds is 2. The molecule has 0 spiro atoms. The monoisotopic (exact) mass is 249 g/mol. The van der Waals surface area contributed by atoms with Crippen molar-refractivity contribution < 1.29 is 0 Å². The topological polar surface area (TPSA) is 12.0 Å². The van der Waals surface area contributed by atoms with E-state index in [1.807, 2.05) is 0 Å². The summed E-state index contributed by atoms with van der Waals surface area (Å²) in [6.45, 7) is 4.23. The Morgan fingerprint density at radius 1 is 0.737 bits per heavy atom. The van der Waals surface area contributed by atoms with E-state index in [2.05, 4.69) is 72.6 Å². The number of hydrogen-bond donors (Lipinski definition) is 1. The van der Waals surface area contributed by atoms with Gasteiger partial charge in [-0.2, -0.15) is 0 Å². The third-order valence-electron chi connectivity index (χ3n) is 3.79. The zero-order chi connectivity index (χ0) is 13.1. The Morgan fingerprint density at radius 2 is 1.16 bits per heavy atom. The van der Waals surface area contributed by atoms with Crippen LogP contribution in [0.1, 0.15) is 36.1 Å². The van der Waals surface area contributed by atoms with Crippen LogP contribution in [0.25, 0.3) is 0 Å². The summed E-state index contributed by atoms with van der Waals surface area (Å²) in [6.07, 6.45) is 2.07. The molecule has 0 amide bonds. The van der Waals surface area contributed by atoms with Gasteiger partial charge in [-0.1, -0.05) is 72.8 Å². The minimum absolute atomic E-state index is 0.382. The second kappa shape index (κ2) is 5.41. The van der Waals surface area contributed by atoms with Crippen LogP contribution >= 0.6 is 0 Å². The summed E-state index contributed by atoms with van der Waals surface area (Å²) >= 11 is 0. The van der Waals surface area contributed by atoms with Gasteiger partial charge in [0, 0.05) is 12.1 Å². The van der Waals surface area contributed by atoms with Crippen molar-refractivity contribution in [3.8, 4) is 0 Å². The maximum atomic E-state index is 4.23. The molecular formula is C18H19N. The summed E-state index contributed by atoms with van der Waals surface area (Å²) in [7, 11) is 0. The Kier molecular flexibility index (Phi) is 3.47. The number of piperidine rings is 1. The highest BCUT2D eigenvalue weighted by atomic mass is 15.0. The predicted molar refractivity (Wildman–Crippen MR) is 79.9 cm³/mol. The SMILES string of the molecule is C=C1CC(c2ccccc2)NC(c2ccccc2)C1. The molecule has 0 radical (unpaired) electrons. The van der Waals surface area contributed by atoms with Crippen molar-refractivity contribution in [2.75, 3.05) is 0 Å². The molecule has 2 atom stereocenters. The van der Waals surface area contributed by atoms with Crippen LogP contribution in [-0.2, 0) is 0 Å². The second-order valence-electron chi connectivity index (χ2n) is 5.25. The van der Waals surface area contributed by atoms with Crippen LogP contribution in [0.4, 0.5) is 0 Å². The number of nitrogens with one attached hydrogen (secondary N) is 1. The largest absolute Gasteiger partial charge is 0.302 e. The van der Waals surface area contributed by atoms with Gasteiger partial charge in [-0.05, 0) is 24.0 Å². The standard InChI is InChI=1S/C18H19N/c1-14-12-17(15-8-4-2-5-9-15)19-18(13-14)16-10-6-3-7-11-16/h2-11,17-19H,1,12-13H2. The van der Waals surface area contributed by atoms with Crippen molar-refractivity contribution in [3.63, 3.8) is 0 Å². The first-order valence-corrected chi connectivity index (χ1v) is 6.85. The van der Waals surface area contributed by atoms with Crippen LogP contribution in [0, 0.1) is 0 Å². The molecule has 2 aromatic carbocycles. The third-order valence-corrected chi connectivity index (χ3v) is 3.79. The molecule has 1 fully saturated rings. The van der Waals surface area contributed by atoms with Crippen molar-refractivity contribution in [1.29, 1.82) is 0 Å². The molecule has 1 heterocycles. The molecule has 1 aliphatic rings. The van der Waals surface area contributed by atoms with Crippen LogP contribution in [0.15, 0.2) is 72.8 Å². The van der Waals surface area contributed by atoms with Crippen LogP contribution < -0.4 is 5.32 Å². The predicted octanol–water partition coefficient (Wildman–Crippen LogP) is 4.41. The molecule has 3 rings (SSSR count). The van der Waals surface area contributed by atoms with Gasteiger partial charge in [0.2, 0.25) is 0 Å². The molecule has 1 saturated heterocycles. The first-order valence-electron chi connectivity index (χ1n) is 6.85. The summed E-state index contributed by atoms with van der Waals surface area (Å²) < 4.78 is 0. The Morgan fingerprint density at radius 3 is 1.58 bits per heavy atom. The highest BCUT2D eigenvalue weighted by molar-refractivity contribution is 5.27. The van der Waals surface area contributed by atoms with Crippen LogP contribution in [0.2, 0.25) is 0 Å². The molecule has 96 valence electrons. The highest BCUT2D eigenvalue weighted by Gasteiger charge is 2.24. The van der Waals surface area contributed by atoms with E-state index in [1.54, 1.807) is 0 Å². The zero-order valence-corrected chi connectivity index (χ0v) is 11.0. The van der Waals surface area contributed by atoms with E-state index < -0.39 is 0 Å². The molecule has 1 nitrogen and oxygen atoms in total. The van der Waals surface area contributed by atoms with Gasteiger partial charge in [-0.25, -0.2) is 0 Å². The van der Waals surface area contributed by atoms with Gasteiger partial charge in [0.25, 0.3) is 0 Å². The van der Waals surface area contributed by atoms with E-state index in [4.69, 9.17) is 0 Å². The lowest BCUT2D eigenvalue weighted by Gasteiger charge is -2.33. The fraction of sp³-hybridized carbons (Fsp3) is 0.222. The lowest BCUT2D eigenvalue weighted by Crippen LogP contribution is -2.31. The Bertz CT molecular complexity index is 495. The van der Waals surface area contributed by atoms with E-state index in [9.17, 15) is 0 Å². The smallest absolute Gasteiger partial charge is 0.0362 e. The molecule has 2 aromatic rings. The van der Waals surface area contributed by atoms with Crippen molar-refractivity contribution in [1.82, 2.24) is 5.32 Å². The van der Waals surface area contributed by atoms with Gasteiger partial charge in [0.15, 0.2) is 0 Å². The zero-order valence-electron chi connectivity index (χ0n) is 11.0. The van der Waals surface area contributed by atoms with E-state index in [0.29, 0.717) is 12.1 Å². The molecule has 0 bridgehead atoms. The quantitative estimate of drug-likeness (QED) is 0.777. The average molecular weight is 249 g/mol. The number of benzene rings is 2. The Labute approximate surface area is 115 Å². The normalized spacial score (nSPS) is 23.3. The molecule has 1 N–H and O–H groups in total. The maximum absolute atomic E-state index is 4.23. The van der Waals surface area contributed by atoms with Crippen LogP contribution in [0.5, 0.6) is 0 Å². The molecule has 2 unspecified atom stereocenters. The molecular weight excluding hydrogens is 230 g/mol. The lowest BCUT2D eigenvalue weighted by molar-refractivity contribution is 0.389. The van der Waals surface area contributed by atoms with Crippen LogP contribution in [-0.4, -0.2) is 0 Å². The summed E-state index contributed by atoms with van der Waals surface area (Å²) in [4.78, 5) is 0. The van der Waals surface area contributed by atoms with E-state index >= 15 is 0 Å². The van der Waals surface area contributed by atoms with Gasteiger partial charge in [-0.3, -0.25) is 0 Å². The highest BCUT2D eigenvalue weighted by Crippen LogP contribution is 2.34. The van der Waals surface area contributed by atoms with Gasteiger partial charge in [0.1, 0.15) is 0 Å². The van der Waals surface area contributed by atoms with E-state index in [1.165, 1.54) is 16.7 Å². The second-order valence-corrected chi connectivity index (χ2v) is 5.25. The molecule has 0 saturated carbocycles. The van der Waals surface area contributed by atoms with Crippen LogP contribution in [0.3, 0.4) is 0 Å². The molecule has 0 aromatic heterocycles. The van der Waals surface area contributed by atoms with Crippen molar-refractivity contribution in [2.24, 2.45) is 0 Å². The summed E-state index contributed by atoms with van der Waals surface area (Å²) in [5.74, 6) is 0. The summed E-state index contributed by atoms with van der Waals surface area (Å²) in [5, 5.41) is 3.76. The van der Waals surface area contributed by atoms with Crippen molar-refractivity contribution in [2.45, 2.75) is 24.9 Å². The first kappa shape index (κ1) is 12.2. The summed E-state index contributed by atoms with van der Waals surface area (Å²) in [5.41, 5.74) is 4.04. The van der Waals surface area contributed by atoms with Gasteiger partial charge in [-0.15, -0.1) is 0 Å². The third kappa shape index (κ3) is 2.77. The van der Waals surface area contributed by atoms with E-state index in [-0.39, 0.29) is 0 Å².